The number of hydrogen-bond donors (Lipinski definition) is 0. The molecule has 0 unspecified atom stereocenters. The van der Waals surface area contributed by atoms with Gasteiger partial charge in [0.25, 0.3) is 0 Å². The lowest BCUT2D eigenvalue weighted by atomic mass is 10.0. The molecule has 0 N–H and O–H groups in total. The van der Waals surface area contributed by atoms with Gasteiger partial charge in [0.05, 0.1) is 5.52 Å². The van der Waals surface area contributed by atoms with Gasteiger partial charge < -0.3 is 4.74 Å². The van der Waals surface area contributed by atoms with Gasteiger partial charge in [0.1, 0.15) is 12.4 Å². The highest BCUT2D eigenvalue weighted by Gasteiger charge is 2.18. The van der Waals surface area contributed by atoms with Crippen molar-refractivity contribution in [2.75, 3.05) is 19.7 Å². The van der Waals surface area contributed by atoms with Crippen LogP contribution in [0.4, 0.5) is 4.39 Å². The quantitative estimate of drug-likeness (QED) is 0.699. The summed E-state index contributed by atoms with van der Waals surface area (Å²) in [6, 6.07) is 13.3. The molecular weight excluding hydrogens is 327 g/mol. The predicted octanol–water partition coefficient (Wildman–Crippen LogP) is 4.43. The van der Waals surface area contributed by atoms with Crippen molar-refractivity contribution in [1.29, 1.82) is 0 Å². The number of hydrogen-bond acceptors (Lipinski definition) is 3. The van der Waals surface area contributed by atoms with Crippen LogP contribution in [0.1, 0.15) is 22.3 Å². The van der Waals surface area contributed by atoms with Gasteiger partial charge in [-0.1, -0.05) is 24.3 Å². The first-order chi connectivity index (χ1) is 12.6. The SMILES string of the molecule is Cc1ccc2cc3c(nc2c1C)OCCN(CCc1cccc(F)c1)C3. The minimum atomic E-state index is -0.173. The third-order valence-corrected chi connectivity index (χ3v) is 5.20. The van der Waals surface area contributed by atoms with Gasteiger partial charge >= 0.3 is 0 Å². The van der Waals surface area contributed by atoms with Crippen LogP contribution in [0.5, 0.6) is 5.88 Å². The fraction of sp³-hybridized carbons (Fsp3) is 0.318. The fourth-order valence-corrected chi connectivity index (χ4v) is 3.51. The van der Waals surface area contributed by atoms with Crippen molar-refractivity contribution in [2.45, 2.75) is 26.8 Å². The van der Waals surface area contributed by atoms with Crippen LogP contribution in [0, 0.1) is 19.7 Å². The molecule has 0 amide bonds. The van der Waals surface area contributed by atoms with Crippen LogP contribution in [-0.4, -0.2) is 29.6 Å². The van der Waals surface area contributed by atoms with Gasteiger partial charge in [0.15, 0.2) is 0 Å². The normalized spacial score (nSPS) is 14.7. The molecule has 0 saturated carbocycles. The van der Waals surface area contributed by atoms with E-state index in [-0.39, 0.29) is 5.82 Å². The average molecular weight is 350 g/mol. The second-order valence-electron chi connectivity index (χ2n) is 7.04. The lowest BCUT2D eigenvalue weighted by Crippen LogP contribution is -2.28. The molecule has 3 nitrogen and oxygen atoms in total. The monoisotopic (exact) mass is 350 g/mol. The highest BCUT2D eigenvalue weighted by Crippen LogP contribution is 2.28. The number of aromatic nitrogens is 1. The first-order valence-corrected chi connectivity index (χ1v) is 9.09. The number of aryl methyl sites for hydroxylation is 2. The van der Waals surface area contributed by atoms with E-state index in [1.165, 1.54) is 17.2 Å². The summed E-state index contributed by atoms with van der Waals surface area (Å²) in [5.41, 5.74) is 5.63. The Balaban J connectivity index is 1.56. The molecule has 0 bridgehead atoms. The molecule has 26 heavy (non-hydrogen) atoms. The zero-order valence-electron chi connectivity index (χ0n) is 15.3. The van der Waals surface area contributed by atoms with Gasteiger partial charge in [-0.25, -0.2) is 9.37 Å². The smallest absolute Gasteiger partial charge is 0.218 e. The van der Waals surface area contributed by atoms with E-state index in [1.807, 2.05) is 6.07 Å². The molecule has 0 atom stereocenters. The Morgan fingerprint density at radius 3 is 2.88 bits per heavy atom. The summed E-state index contributed by atoms with van der Waals surface area (Å²) in [6.45, 7) is 7.37. The summed E-state index contributed by atoms with van der Waals surface area (Å²) in [5.74, 6) is 0.577. The van der Waals surface area contributed by atoms with Crippen LogP contribution in [0.3, 0.4) is 0 Å². The number of fused-ring (bicyclic) bond motifs is 2. The molecule has 3 aromatic rings. The molecule has 4 heteroatoms. The zero-order chi connectivity index (χ0) is 18.1. The van der Waals surface area contributed by atoms with E-state index in [0.717, 1.165) is 54.0 Å². The zero-order valence-corrected chi connectivity index (χ0v) is 15.3. The lowest BCUT2D eigenvalue weighted by Gasteiger charge is -2.19. The lowest BCUT2D eigenvalue weighted by molar-refractivity contribution is 0.225. The van der Waals surface area contributed by atoms with Crippen molar-refractivity contribution in [1.82, 2.24) is 9.88 Å². The van der Waals surface area contributed by atoms with Crippen molar-refractivity contribution in [3.8, 4) is 5.88 Å². The number of pyridine rings is 1. The summed E-state index contributed by atoms with van der Waals surface area (Å²) >= 11 is 0. The first-order valence-electron chi connectivity index (χ1n) is 9.09. The highest BCUT2D eigenvalue weighted by atomic mass is 19.1. The number of nitrogens with zero attached hydrogens (tertiary/aromatic N) is 2. The Labute approximate surface area is 153 Å². The largest absolute Gasteiger partial charge is 0.476 e. The molecule has 0 saturated heterocycles. The summed E-state index contributed by atoms with van der Waals surface area (Å²) in [5, 5.41) is 1.16. The second kappa shape index (κ2) is 7.04. The molecule has 0 spiro atoms. The molecule has 1 aliphatic heterocycles. The maximum absolute atomic E-state index is 13.4. The number of ether oxygens (including phenoxy) is 1. The molecule has 2 aromatic carbocycles. The van der Waals surface area contributed by atoms with Gasteiger partial charge in [0.2, 0.25) is 5.88 Å². The summed E-state index contributed by atoms with van der Waals surface area (Å²) in [4.78, 5) is 7.15. The summed E-state index contributed by atoms with van der Waals surface area (Å²) < 4.78 is 19.3. The van der Waals surface area contributed by atoms with Gasteiger partial charge in [-0.3, -0.25) is 4.90 Å². The van der Waals surface area contributed by atoms with Gasteiger partial charge in [-0.05, 0) is 55.2 Å². The third kappa shape index (κ3) is 3.42. The van der Waals surface area contributed by atoms with E-state index < -0.39 is 0 Å². The summed E-state index contributed by atoms with van der Waals surface area (Å²) in [6.07, 6.45) is 0.826. The second-order valence-corrected chi connectivity index (χ2v) is 7.04. The molecule has 0 fully saturated rings. The third-order valence-electron chi connectivity index (χ3n) is 5.20. The van der Waals surface area contributed by atoms with Crippen molar-refractivity contribution < 1.29 is 9.13 Å². The van der Waals surface area contributed by atoms with E-state index >= 15 is 0 Å². The Morgan fingerprint density at radius 1 is 1.15 bits per heavy atom. The van der Waals surface area contributed by atoms with E-state index in [2.05, 4.69) is 36.9 Å². The molecule has 0 radical (unpaired) electrons. The average Bonchev–Trinajstić information content (AvgIpc) is 2.83. The van der Waals surface area contributed by atoms with Crippen LogP contribution < -0.4 is 4.74 Å². The van der Waals surface area contributed by atoms with Crippen molar-refractivity contribution in [2.24, 2.45) is 0 Å². The Morgan fingerprint density at radius 2 is 2.04 bits per heavy atom. The van der Waals surface area contributed by atoms with Crippen LogP contribution in [-0.2, 0) is 13.0 Å². The van der Waals surface area contributed by atoms with Crippen LogP contribution in [0.25, 0.3) is 10.9 Å². The Bertz CT molecular complexity index is 954. The number of benzene rings is 2. The van der Waals surface area contributed by atoms with Crippen LogP contribution in [0.15, 0.2) is 42.5 Å². The highest BCUT2D eigenvalue weighted by molar-refractivity contribution is 5.84. The standard InChI is InChI=1S/C22H23FN2O/c1-15-6-7-18-13-19-14-25(9-8-17-4-3-5-20(23)12-17)10-11-26-22(19)24-21(18)16(15)2/h3-7,12-13H,8-11,14H2,1-2H3. The molecule has 1 aromatic heterocycles. The Hall–Kier alpha value is -2.46. The molecule has 134 valence electrons. The predicted molar refractivity (Wildman–Crippen MR) is 102 cm³/mol. The van der Waals surface area contributed by atoms with E-state index in [1.54, 1.807) is 12.1 Å². The van der Waals surface area contributed by atoms with E-state index in [9.17, 15) is 4.39 Å². The van der Waals surface area contributed by atoms with Crippen molar-refractivity contribution in [3.05, 3.63) is 70.5 Å². The fourth-order valence-electron chi connectivity index (χ4n) is 3.51. The van der Waals surface area contributed by atoms with E-state index in [4.69, 9.17) is 9.72 Å². The molecule has 1 aliphatic rings. The first kappa shape index (κ1) is 17.0. The number of halogens is 1. The minimum Gasteiger partial charge on any atom is -0.476 e. The minimum absolute atomic E-state index is 0.173. The van der Waals surface area contributed by atoms with Crippen LogP contribution >= 0.6 is 0 Å². The topological polar surface area (TPSA) is 25.4 Å². The van der Waals surface area contributed by atoms with E-state index in [0.29, 0.717) is 6.61 Å². The summed E-state index contributed by atoms with van der Waals surface area (Å²) in [7, 11) is 0. The maximum atomic E-state index is 13.4. The maximum Gasteiger partial charge on any atom is 0.218 e. The van der Waals surface area contributed by atoms with Crippen molar-refractivity contribution >= 4 is 10.9 Å². The van der Waals surface area contributed by atoms with Gasteiger partial charge in [-0.2, -0.15) is 0 Å². The molecule has 4 rings (SSSR count). The van der Waals surface area contributed by atoms with Gasteiger partial charge in [-0.15, -0.1) is 0 Å². The van der Waals surface area contributed by atoms with Crippen LogP contribution in [0.2, 0.25) is 0 Å². The van der Waals surface area contributed by atoms with Gasteiger partial charge in [0, 0.05) is 30.6 Å². The Kier molecular flexibility index (Phi) is 4.60. The van der Waals surface area contributed by atoms with Crippen molar-refractivity contribution in [3.63, 3.8) is 0 Å². The molecular formula is C22H23FN2O. The number of rotatable bonds is 3. The molecule has 2 heterocycles. The molecule has 0 aliphatic carbocycles.